The first-order valence-electron chi connectivity index (χ1n) is 10.2. The Morgan fingerprint density at radius 1 is 1.07 bits per heavy atom. The zero-order valence-electron chi connectivity index (χ0n) is 17.6. The average molecular weight is 398 g/mol. The minimum absolute atomic E-state index is 0.0242. The van der Waals surface area contributed by atoms with Crippen molar-refractivity contribution in [3.63, 3.8) is 0 Å². The summed E-state index contributed by atoms with van der Waals surface area (Å²) >= 11 is 0. The Labute approximate surface area is 172 Å². The van der Waals surface area contributed by atoms with Gasteiger partial charge < -0.3 is 10.2 Å². The number of aromatic nitrogens is 2. The summed E-state index contributed by atoms with van der Waals surface area (Å²) in [6.45, 7) is 7.78. The SMILES string of the molecule is Cc1nn(C)c(C)c1CCC(=O)N1CCN(CC(=O)NCc2ccccc2)CC1. The highest BCUT2D eigenvalue weighted by Crippen LogP contribution is 2.15. The van der Waals surface area contributed by atoms with Crippen molar-refractivity contribution in [1.82, 2.24) is 24.9 Å². The molecule has 156 valence electrons. The zero-order chi connectivity index (χ0) is 20.8. The summed E-state index contributed by atoms with van der Waals surface area (Å²) in [6.07, 6.45) is 1.23. The van der Waals surface area contributed by atoms with E-state index >= 15 is 0 Å². The molecule has 1 aliphatic heterocycles. The number of hydrogen-bond donors (Lipinski definition) is 1. The van der Waals surface area contributed by atoms with Gasteiger partial charge in [-0.1, -0.05) is 30.3 Å². The lowest BCUT2D eigenvalue weighted by Crippen LogP contribution is -2.51. The molecule has 0 bridgehead atoms. The standard InChI is InChI=1S/C22H31N5O2/c1-17-20(18(2)25(3)24-17)9-10-22(29)27-13-11-26(12-14-27)16-21(28)23-15-19-7-5-4-6-8-19/h4-8H,9-16H2,1-3H3,(H,23,28). The number of benzene rings is 1. The van der Waals surface area contributed by atoms with Crippen LogP contribution in [0.15, 0.2) is 30.3 Å². The Morgan fingerprint density at radius 3 is 2.38 bits per heavy atom. The summed E-state index contributed by atoms with van der Waals surface area (Å²) < 4.78 is 1.87. The van der Waals surface area contributed by atoms with Crippen LogP contribution in [0.5, 0.6) is 0 Å². The van der Waals surface area contributed by atoms with E-state index in [0.717, 1.165) is 36.5 Å². The molecule has 7 nitrogen and oxygen atoms in total. The Bertz CT molecular complexity index is 838. The number of piperazine rings is 1. The van der Waals surface area contributed by atoms with E-state index in [2.05, 4.69) is 15.3 Å². The van der Waals surface area contributed by atoms with Crippen LogP contribution >= 0.6 is 0 Å². The summed E-state index contributed by atoms with van der Waals surface area (Å²) in [4.78, 5) is 28.8. The number of carbonyl (C=O) groups is 2. The molecule has 0 unspecified atom stereocenters. The van der Waals surface area contributed by atoms with Gasteiger partial charge in [-0.25, -0.2) is 0 Å². The third kappa shape index (κ3) is 5.67. The van der Waals surface area contributed by atoms with E-state index in [4.69, 9.17) is 0 Å². The van der Waals surface area contributed by atoms with Crippen molar-refractivity contribution in [3.05, 3.63) is 52.8 Å². The molecule has 2 amide bonds. The van der Waals surface area contributed by atoms with Gasteiger partial charge in [-0.3, -0.25) is 19.2 Å². The molecule has 3 rings (SSSR count). The van der Waals surface area contributed by atoms with E-state index in [-0.39, 0.29) is 11.8 Å². The van der Waals surface area contributed by atoms with Crippen molar-refractivity contribution >= 4 is 11.8 Å². The van der Waals surface area contributed by atoms with Crippen LogP contribution in [0.4, 0.5) is 0 Å². The molecule has 7 heteroatoms. The van der Waals surface area contributed by atoms with Gasteiger partial charge in [-0.2, -0.15) is 5.10 Å². The first-order chi connectivity index (χ1) is 13.9. The van der Waals surface area contributed by atoms with Crippen molar-refractivity contribution in [2.75, 3.05) is 32.7 Å². The Hall–Kier alpha value is -2.67. The van der Waals surface area contributed by atoms with Gasteiger partial charge in [-0.05, 0) is 31.4 Å². The second-order valence-electron chi connectivity index (χ2n) is 7.69. The van der Waals surface area contributed by atoms with E-state index in [1.807, 2.05) is 60.8 Å². The van der Waals surface area contributed by atoms with Crippen LogP contribution in [0, 0.1) is 13.8 Å². The van der Waals surface area contributed by atoms with Crippen molar-refractivity contribution < 1.29 is 9.59 Å². The van der Waals surface area contributed by atoms with Crippen molar-refractivity contribution in [2.45, 2.75) is 33.2 Å². The highest BCUT2D eigenvalue weighted by Gasteiger charge is 2.22. The predicted molar refractivity (Wildman–Crippen MR) is 112 cm³/mol. The van der Waals surface area contributed by atoms with Gasteiger partial charge in [-0.15, -0.1) is 0 Å². The van der Waals surface area contributed by atoms with E-state index in [9.17, 15) is 9.59 Å². The molecular weight excluding hydrogens is 366 g/mol. The maximum absolute atomic E-state index is 12.6. The molecule has 0 spiro atoms. The lowest BCUT2D eigenvalue weighted by molar-refractivity contribution is -0.133. The molecule has 1 N–H and O–H groups in total. The number of amides is 2. The number of hydrogen-bond acceptors (Lipinski definition) is 4. The molecule has 1 aliphatic rings. The number of nitrogens with zero attached hydrogens (tertiary/aromatic N) is 4. The van der Waals surface area contributed by atoms with Gasteiger partial charge in [0.1, 0.15) is 0 Å². The second kappa shape index (κ2) is 9.69. The van der Waals surface area contributed by atoms with Crippen LogP contribution in [-0.2, 0) is 29.6 Å². The van der Waals surface area contributed by atoms with Gasteiger partial charge in [0.2, 0.25) is 11.8 Å². The average Bonchev–Trinajstić information content (AvgIpc) is 2.97. The van der Waals surface area contributed by atoms with Crippen LogP contribution in [0.1, 0.15) is 28.9 Å². The van der Waals surface area contributed by atoms with E-state index in [0.29, 0.717) is 32.6 Å². The lowest BCUT2D eigenvalue weighted by Gasteiger charge is -2.34. The first-order valence-corrected chi connectivity index (χ1v) is 10.2. The molecule has 0 aliphatic carbocycles. The Morgan fingerprint density at radius 2 is 1.76 bits per heavy atom. The molecule has 0 atom stereocenters. The zero-order valence-corrected chi connectivity index (χ0v) is 17.6. The van der Waals surface area contributed by atoms with Gasteiger partial charge >= 0.3 is 0 Å². The van der Waals surface area contributed by atoms with Crippen molar-refractivity contribution in [2.24, 2.45) is 7.05 Å². The maximum Gasteiger partial charge on any atom is 0.234 e. The number of nitrogens with one attached hydrogen (secondary N) is 1. The predicted octanol–water partition coefficient (Wildman–Crippen LogP) is 1.43. The molecule has 2 aromatic rings. The third-order valence-corrected chi connectivity index (χ3v) is 5.67. The van der Waals surface area contributed by atoms with Crippen LogP contribution in [0.25, 0.3) is 0 Å². The van der Waals surface area contributed by atoms with E-state index in [1.165, 1.54) is 5.56 Å². The maximum atomic E-state index is 12.6. The topological polar surface area (TPSA) is 70.5 Å². The van der Waals surface area contributed by atoms with Gasteiger partial charge in [0.15, 0.2) is 0 Å². The van der Waals surface area contributed by atoms with Crippen LogP contribution in [-0.4, -0.2) is 64.1 Å². The lowest BCUT2D eigenvalue weighted by atomic mass is 10.1. The number of carbonyl (C=O) groups excluding carboxylic acids is 2. The highest BCUT2D eigenvalue weighted by atomic mass is 16.2. The van der Waals surface area contributed by atoms with Gasteiger partial charge in [0.05, 0.1) is 12.2 Å². The van der Waals surface area contributed by atoms with Crippen LogP contribution in [0.3, 0.4) is 0 Å². The van der Waals surface area contributed by atoms with Crippen LogP contribution < -0.4 is 5.32 Å². The fourth-order valence-electron chi connectivity index (χ4n) is 3.78. The molecule has 1 fully saturated rings. The normalized spacial score (nSPS) is 14.8. The number of rotatable bonds is 7. The third-order valence-electron chi connectivity index (χ3n) is 5.67. The Kier molecular flexibility index (Phi) is 7.04. The summed E-state index contributed by atoms with van der Waals surface area (Å²) in [5.74, 6) is 0.206. The van der Waals surface area contributed by atoms with Crippen molar-refractivity contribution in [3.8, 4) is 0 Å². The van der Waals surface area contributed by atoms with Crippen molar-refractivity contribution in [1.29, 1.82) is 0 Å². The van der Waals surface area contributed by atoms with E-state index < -0.39 is 0 Å². The molecule has 2 heterocycles. The molecule has 0 radical (unpaired) electrons. The highest BCUT2D eigenvalue weighted by molar-refractivity contribution is 5.78. The summed E-state index contributed by atoms with van der Waals surface area (Å²) in [7, 11) is 1.93. The fraction of sp³-hybridized carbons (Fsp3) is 0.500. The summed E-state index contributed by atoms with van der Waals surface area (Å²) in [5.41, 5.74) is 4.40. The van der Waals surface area contributed by atoms with E-state index in [1.54, 1.807) is 0 Å². The number of aryl methyl sites for hydroxylation is 2. The molecule has 0 saturated carbocycles. The van der Waals surface area contributed by atoms with Gasteiger partial charge in [0, 0.05) is 51.9 Å². The molecular formula is C22H31N5O2. The smallest absolute Gasteiger partial charge is 0.234 e. The monoisotopic (exact) mass is 397 g/mol. The minimum Gasteiger partial charge on any atom is -0.351 e. The largest absolute Gasteiger partial charge is 0.351 e. The van der Waals surface area contributed by atoms with Crippen LogP contribution in [0.2, 0.25) is 0 Å². The fourth-order valence-corrected chi connectivity index (χ4v) is 3.78. The summed E-state index contributed by atoms with van der Waals surface area (Å²) in [6, 6.07) is 9.90. The van der Waals surface area contributed by atoms with Gasteiger partial charge in [0.25, 0.3) is 0 Å². The first kappa shape index (κ1) is 21.0. The molecule has 1 saturated heterocycles. The second-order valence-corrected chi connectivity index (χ2v) is 7.69. The molecule has 1 aromatic carbocycles. The molecule has 1 aromatic heterocycles. The summed E-state index contributed by atoms with van der Waals surface area (Å²) in [5, 5.41) is 7.38. The molecule has 29 heavy (non-hydrogen) atoms. The Balaban J connectivity index is 1.38. The minimum atomic E-state index is 0.0242. The quantitative estimate of drug-likeness (QED) is 0.767.